The van der Waals surface area contributed by atoms with Crippen molar-refractivity contribution >= 4 is 99.2 Å². The number of thiophene rings is 1. The number of hydrogen-bond acceptors (Lipinski definition) is 3. The molecule has 0 bridgehead atoms. The quantitative estimate of drug-likeness (QED) is 0.175. The van der Waals surface area contributed by atoms with Crippen LogP contribution in [-0.2, 0) is 5.41 Å². The molecule has 14 rings (SSSR count). The molecule has 1 radical (unpaired) electrons. The third-order valence-corrected chi connectivity index (χ3v) is 15.4. The molecule has 0 unspecified atom stereocenters. The molecule has 0 atom stereocenters. The minimum absolute atomic E-state index is 0.0616. The molecular weight excluding hydrogens is 832 g/mol. The van der Waals surface area contributed by atoms with Crippen molar-refractivity contribution in [3.63, 3.8) is 0 Å². The zero-order valence-corrected chi connectivity index (χ0v) is 38.2. The molecule has 0 fully saturated rings. The molecule has 1 aliphatic heterocycles. The molecule has 1 N–H and O–H groups in total. The Morgan fingerprint density at radius 1 is 0.522 bits per heavy atom. The lowest BCUT2D eigenvalue weighted by Crippen LogP contribution is -2.37. The maximum absolute atomic E-state index is 7.01. The van der Waals surface area contributed by atoms with Gasteiger partial charge in [-0.05, 0) is 98.4 Å². The fraction of sp³-hybridized carbons (Fsp3) is 0.0645. The van der Waals surface area contributed by atoms with Gasteiger partial charge in [-0.15, -0.1) is 11.3 Å². The lowest BCUT2D eigenvalue weighted by Gasteiger charge is -2.24. The molecular formula is C62H42BN2OS. The van der Waals surface area contributed by atoms with Crippen molar-refractivity contribution in [2.75, 3.05) is 5.32 Å². The number of rotatable bonds is 5. The first-order valence-corrected chi connectivity index (χ1v) is 23.9. The van der Waals surface area contributed by atoms with Crippen LogP contribution in [0.25, 0.3) is 109 Å². The summed E-state index contributed by atoms with van der Waals surface area (Å²) in [6.07, 6.45) is 0. The molecule has 3 nitrogen and oxygen atoms in total. The van der Waals surface area contributed by atoms with E-state index in [1.165, 1.54) is 80.8 Å². The van der Waals surface area contributed by atoms with Crippen LogP contribution in [0.15, 0.2) is 193 Å². The Morgan fingerprint density at radius 2 is 1.19 bits per heavy atom. The minimum Gasteiger partial charge on any atom is -0.455 e. The number of fused-ring (bicyclic) bond motifs is 12. The molecule has 315 valence electrons. The summed E-state index contributed by atoms with van der Waals surface area (Å²) in [5.74, 6) is 1.75. The third kappa shape index (κ3) is 5.71. The number of nitrogens with zero attached hydrogens (tertiary/aromatic N) is 1. The highest BCUT2D eigenvalue weighted by Gasteiger charge is 2.31. The normalized spacial score (nSPS) is 12.9. The van der Waals surface area contributed by atoms with E-state index in [9.17, 15) is 0 Å². The molecule has 0 saturated heterocycles. The Morgan fingerprint density at radius 3 is 1.94 bits per heavy atom. The van der Waals surface area contributed by atoms with E-state index in [2.05, 4.69) is 227 Å². The second-order valence-corrected chi connectivity index (χ2v) is 20.3. The largest absolute Gasteiger partial charge is 0.455 e. The molecule has 0 spiro atoms. The van der Waals surface area contributed by atoms with Crippen molar-refractivity contribution in [2.24, 2.45) is 0 Å². The standard InChI is InChI=1S/C62H42BN2OS/c1-35-40-19-11-12-20-41(40)46-32-54-48(29-45(35)46)44-28-27-43(47-30-49-42-21-13-14-22-56(42)67-57(49)34-53(47)64-39-25-23-38(24-26-39)62(2,3)4)58-59(44)65(54)55-33-51-50(31-52(55)63-58)60(36-15-7-5-8-16-36)66-61(51)37-17-9-6-10-18-37/h5-34,64H,1H2,2-4H3. The van der Waals surface area contributed by atoms with Gasteiger partial charge in [-0.2, -0.15) is 0 Å². The van der Waals surface area contributed by atoms with E-state index in [0.717, 1.165) is 67.1 Å². The van der Waals surface area contributed by atoms with Gasteiger partial charge in [-0.1, -0.05) is 166 Å². The van der Waals surface area contributed by atoms with Crippen molar-refractivity contribution < 1.29 is 4.42 Å². The first kappa shape index (κ1) is 38.4. The summed E-state index contributed by atoms with van der Waals surface area (Å²) in [6.45, 7) is 11.4. The van der Waals surface area contributed by atoms with Crippen LogP contribution in [0.3, 0.4) is 0 Å². The Hall–Kier alpha value is -7.86. The van der Waals surface area contributed by atoms with Gasteiger partial charge < -0.3 is 14.3 Å². The van der Waals surface area contributed by atoms with Crippen LogP contribution >= 0.6 is 11.3 Å². The lowest BCUT2D eigenvalue weighted by atomic mass is 9.58. The fourth-order valence-electron chi connectivity index (χ4n) is 11.0. The molecule has 0 saturated carbocycles. The first-order valence-electron chi connectivity index (χ1n) is 23.1. The fourth-order valence-corrected chi connectivity index (χ4v) is 12.1. The zero-order valence-electron chi connectivity index (χ0n) is 37.4. The van der Waals surface area contributed by atoms with Crippen LogP contribution in [-0.4, -0.2) is 11.8 Å². The van der Waals surface area contributed by atoms with Crippen molar-refractivity contribution in [1.82, 2.24) is 4.57 Å². The second-order valence-electron chi connectivity index (χ2n) is 19.2. The molecule has 2 aliphatic rings. The summed E-state index contributed by atoms with van der Waals surface area (Å²) in [6, 6.07) is 66.6. The average Bonchev–Trinajstić information content (AvgIpc) is 4.09. The van der Waals surface area contributed by atoms with Gasteiger partial charge in [0.2, 0.25) is 0 Å². The van der Waals surface area contributed by atoms with Gasteiger partial charge in [0, 0.05) is 81.0 Å². The molecule has 4 heterocycles. The van der Waals surface area contributed by atoms with Crippen LogP contribution in [0.4, 0.5) is 11.4 Å². The monoisotopic (exact) mass is 873 g/mol. The summed E-state index contributed by atoms with van der Waals surface area (Å²) in [7, 11) is 2.44. The Labute approximate surface area is 393 Å². The Balaban J connectivity index is 1.07. The van der Waals surface area contributed by atoms with Gasteiger partial charge in [0.05, 0.1) is 5.52 Å². The van der Waals surface area contributed by atoms with Gasteiger partial charge in [0.1, 0.15) is 11.5 Å². The molecule has 1 aliphatic carbocycles. The van der Waals surface area contributed by atoms with Crippen LogP contribution in [0.2, 0.25) is 0 Å². The highest BCUT2D eigenvalue weighted by molar-refractivity contribution is 7.25. The van der Waals surface area contributed by atoms with E-state index >= 15 is 0 Å². The summed E-state index contributed by atoms with van der Waals surface area (Å²) in [5.41, 5.74) is 19.7. The SMILES string of the molecule is C=C1c2ccccc2-c2cc3c(cc21)c1ccc(-c2cc4c(cc2Nc2ccc(C(C)(C)C)cc2)sc2ccccc24)c2c1n3-c1cc3c(-c4ccccc4)oc(-c4ccccc4)c3cc1[B]2. The van der Waals surface area contributed by atoms with Crippen LogP contribution in [0, 0.1) is 0 Å². The molecule has 5 heteroatoms. The molecule has 3 aromatic heterocycles. The predicted octanol–water partition coefficient (Wildman–Crippen LogP) is 16.0. The number of anilines is 2. The predicted molar refractivity (Wildman–Crippen MR) is 287 cm³/mol. The number of nitrogens with one attached hydrogen (secondary N) is 1. The highest BCUT2D eigenvalue weighted by atomic mass is 32.1. The van der Waals surface area contributed by atoms with Gasteiger partial charge in [-0.3, -0.25) is 0 Å². The van der Waals surface area contributed by atoms with E-state index in [-0.39, 0.29) is 5.41 Å². The summed E-state index contributed by atoms with van der Waals surface area (Å²) in [5, 5.41) is 11.1. The van der Waals surface area contributed by atoms with Crippen molar-refractivity contribution in [3.05, 3.63) is 205 Å². The summed E-state index contributed by atoms with van der Waals surface area (Å²) >= 11 is 1.85. The maximum atomic E-state index is 7.01. The van der Waals surface area contributed by atoms with Crippen molar-refractivity contribution in [1.29, 1.82) is 0 Å². The van der Waals surface area contributed by atoms with Crippen LogP contribution in [0.5, 0.6) is 0 Å². The molecule has 9 aromatic carbocycles. The molecule has 12 aromatic rings. The van der Waals surface area contributed by atoms with Crippen LogP contribution in [0.1, 0.15) is 37.5 Å². The van der Waals surface area contributed by atoms with E-state index < -0.39 is 0 Å². The maximum Gasteiger partial charge on any atom is 0.197 e. The molecule has 67 heavy (non-hydrogen) atoms. The van der Waals surface area contributed by atoms with E-state index in [1.54, 1.807) is 0 Å². The number of aromatic nitrogens is 1. The molecule has 0 amide bonds. The van der Waals surface area contributed by atoms with Crippen LogP contribution < -0.4 is 16.2 Å². The summed E-state index contributed by atoms with van der Waals surface area (Å²) in [4.78, 5) is 0. The van der Waals surface area contributed by atoms with Gasteiger partial charge in [0.15, 0.2) is 7.28 Å². The average molecular weight is 874 g/mol. The lowest BCUT2D eigenvalue weighted by molar-refractivity contribution is 0.590. The van der Waals surface area contributed by atoms with E-state index in [4.69, 9.17) is 4.42 Å². The number of hydrogen-bond donors (Lipinski definition) is 1. The number of furan rings is 1. The van der Waals surface area contributed by atoms with E-state index in [0.29, 0.717) is 0 Å². The second kappa shape index (κ2) is 14.1. The smallest absolute Gasteiger partial charge is 0.197 e. The van der Waals surface area contributed by atoms with Crippen molar-refractivity contribution in [3.8, 4) is 50.6 Å². The Bertz CT molecular complexity index is 4070. The van der Waals surface area contributed by atoms with E-state index in [1.807, 2.05) is 11.3 Å². The van der Waals surface area contributed by atoms with Gasteiger partial charge >= 0.3 is 0 Å². The first-order chi connectivity index (χ1) is 32.7. The number of benzene rings is 9. The topological polar surface area (TPSA) is 30.1 Å². The highest BCUT2D eigenvalue weighted by Crippen LogP contribution is 2.49. The third-order valence-electron chi connectivity index (χ3n) is 14.3. The van der Waals surface area contributed by atoms with Gasteiger partial charge in [0.25, 0.3) is 0 Å². The zero-order chi connectivity index (χ0) is 44.7. The van der Waals surface area contributed by atoms with Gasteiger partial charge in [-0.25, -0.2) is 0 Å². The Kier molecular flexibility index (Phi) is 8.07. The van der Waals surface area contributed by atoms with Crippen molar-refractivity contribution in [2.45, 2.75) is 26.2 Å². The minimum atomic E-state index is 0.0616. The summed E-state index contributed by atoms with van der Waals surface area (Å²) < 4.78 is 12.1.